The molecule has 7 heteroatoms. The summed E-state index contributed by atoms with van der Waals surface area (Å²) < 4.78 is 15.2. The Bertz CT molecular complexity index is 1100. The molecule has 4 rings (SSSR count). The lowest BCUT2D eigenvalue weighted by Gasteiger charge is -2.17. The number of halogens is 1. The number of benzene rings is 2. The Morgan fingerprint density at radius 1 is 1.07 bits per heavy atom. The van der Waals surface area contributed by atoms with Gasteiger partial charge in [-0.1, -0.05) is 36.0 Å². The van der Waals surface area contributed by atoms with Crippen molar-refractivity contribution >= 4 is 28.6 Å². The zero-order valence-electron chi connectivity index (χ0n) is 16.0. The highest BCUT2D eigenvalue weighted by Crippen LogP contribution is 2.23. The van der Waals surface area contributed by atoms with E-state index in [2.05, 4.69) is 0 Å². The summed E-state index contributed by atoms with van der Waals surface area (Å²) in [6.45, 7) is 1.93. The summed E-state index contributed by atoms with van der Waals surface area (Å²) in [5.74, 6) is 0.435. The highest BCUT2D eigenvalue weighted by atomic mass is 32.2. The molecule has 0 bridgehead atoms. The van der Waals surface area contributed by atoms with Crippen LogP contribution < -0.4 is 5.56 Å². The fourth-order valence-electron chi connectivity index (χ4n) is 3.59. The topological polar surface area (TPSA) is 55.2 Å². The number of likely N-dealkylation sites (tertiary alicyclic amines) is 1. The van der Waals surface area contributed by atoms with Gasteiger partial charge >= 0.3 is 0 Å². The van der Waals surface area contributed by atoms with Crippen molar-refractivity contribution in [2.75, 3.05) is 13.1 Å². The van der Waals surface area contributed by atoms with Crippen LogP contribution in [-0.4, -0.2) is 33.4 Å². The van der Waals surface area contributed by atoms with Crippen LogP contribution in [0.25, 0.3) is 10.9 Å². The molecule has 0 saturated carbocycles. The largest absolute Gasteiger partial charge is 0.343 e. The summed E-state index contributed by atoms with van der Waals surface area (Å²) in [5, 5.41) is 1.20. The number of thioether (sulfide) groups is 1. The van der Waals surface area contributed by atoms with Gasteiger partial charge in [-0.2, -0.15) is 0 Å². The minimum absolute atomic E-state index is 0.0786. The number of hydrogen-bond acceptors (Lipinski definition) is 4. The van der Waals surface area contributed by atoms with Crippen molar-refractivity contribution in [2.24, 2.45) is 0 Å². The molecule has 0 unspecified atom stereocenters. The van der Waals surface area contributed by atoms with E-state index in [1.54, 1.807) is 16.7 Å². The maximum absolute atomic E-state index is 13.5. The molecule has 0 N–H and O–H groups in total. The van der Waals surface area contributed by atoms with Crippen molar-refractivity contribution in [3.05, 3.63) is 70.3 Å². The molecule has 2 aromatic carbocycles. The molecule has 1 saturated heterocycles. The first-order valence-electron chi connectivity index (χ1n) is 9.76. The second-order valence-corrected chi connectivity index (χ2v) is 8.07. The Balaban J connectivity index is 1.57. The molecule has 150 valence electrons. The van der Waals surface area contributed by atoms with Gasteiger partial charge in [0.2, 0.25) is 5.91 Å². The Kier molecular flexibility index (Phi) is 5.94. The van der Waals surface area contributed by atoms with Crippen LogP contribution in [0.1, 0.15) is 24.8 Å². The number of rotatable bonds is 7. The molecule has 1 aromatic heterocycles. The summed E-state index contributed by atoms with van der Waals surface area (Å²) >= 11 is 1.43. The molecule has 1 fully saturated rings. The minimum atomic E-state index is -0.276. The van der Waals surface area contributed by atoms with Crippen LogP contribution in [0.5, 0.6) is 0 Å². The lowest BCUT2D eigenvalue weighted by Crippen LogP contribution is -2.29. The summed E-state index contributed by atoms with van der Waals surface area (Å²) in [6, 6.07) is 13.8. The van der Waals surface area contributed by atoms with E-state index in [1.165, 1.54) is 23.9 Å². The highest BCUT2D eigenvalue weighted by molar-refractivity contribution is 7.98. The normalized spacial score (nSPS) is 14.1. The van der Waals surface area contributed by atoms with E-state index >= 15 is 0 Å². The van der Waals surface area contributed by atoms with E-state index in [9.17, 15) is 14.0 Å². The van der Waals surface area contributed by atoms with Gasteiger partial charge in [0.05, 0.1) is 10.9 Å². The smallest absolute Gasteiger partial charge is 0.262 e. The zero-order valence-corrected chi connectivity index (χ0v) is 16.8. The van der Waals surface area contributed by atoms with E-state index in [4.69, 9.17) is 4.98 Å². The Morgan fingerprint density at radius 2 is 1.93 bits per heavy atom. The molecule has 2 heterocycles. The number of carbonyl (C=O) groups is 1. The molecule has 0 aliphatic carbocycles. The number of fused-ring (bicyclic) bond motifs is 1. The first-order chi connectivity index (χ1) is 14.1. The van der Waals surface area contributed by atoms with E-state index in [-0.39, 0.29) is 17.3 Å². The maximum atomic E-state index is 13.5. The predicted molar refractivity (Wildman–Crippen MR) is 112 cm³/mol. The Hall–Kier alpha value is -2.67. The molecule has 1 aliphatic rings. The molecular formula is C22H22FN3O2S. The summed E-state index contributed by atoms with van der Waals surface area (Å²) in [5.41, 5.74) is 1.42. The van der Waals surface area contributed by atoms with Crippen LogP contribution in [0.4, 0.5) is 4.39 Å². The van der Waals surface area contributed by atoms with Crippen LogP contribution >= 0.6 is 11.8 Å². The number of para-hydroxylation sites is 1. The van der Waals surface area contributed by atoms with Gasteiger partial charge in [-0.3, -0.25) is 14.2 Å². The second kappa shape index (κ2) is 8.78. The fraction of sp³-hybridized carbons (Fsp3) is 0.318. The minimum Gasteiger partial charge on any atom is -0.343 e. The summed E-state index contributed by atoms with van der Waals surface area (Å²) in [4.78, 5) is 31.4. The van der Waals surface area contributed by atoms with E-state index < -0.39 is 0 Å². The lowest BCUT2D eigenvalue weighted by atomic mass is 10.2. The monoisotopic (exact) mass is 411 g/mol. The zero-order chi connectivity index (χ0) is 20.2. The van der Waals surface area contributed by atoms with Gasteiger partial charge in [0.15, 0.2) is 5.16 Å². The van der Waals surface area contributed by atoms with E-state index in [0.717, 1.165) is 18.5 Å². The predicted octanol–water partition coefficient (Wildman–Crippen LogP) is 3.84. The van der Waals surface area contributed by atoms with Crippen molar-refractivity contribution in [1.82, 2.24) is 14.5 Å². The van der Waals surface area contributed by atoms with Crippen LogP contribution in [0.2, 0.25) is 0 Å². The van der Waals surface area contributed by atoms with Gasteiger partial charge in [-0.25, -0.2) is 9.37 Å². The average Bonchev–Trinajstić information content (AvgIpc) is 3.13. The molecule has 5 nitrogen and oxygen atoms in total. The number of carbonyl (C=O) groups excluding carboxylic acids is 1. The van der Waals surface area contributed by atoms with E-state index in [0.29, 0.717) is 47.7 Å². The van der Waals surface area contributed by atoms with Crippen molar-refractivity contribution in [3.8, 4) is 0 Å². The molecule has 1 amide bonds. The highest BCUT2D eigenvalue weighted by Gasteiger charge is 2.19. The van der Waals surface area contributed by atoms with Gasteiger partial charge in [0.1, 0.15) is 5.82 Å². The quantitative estimate of drug-likeness (QED) is 0.438. The third-order valence-electron chi connectivity index (χ3n) is 5.06. The summed E-state index contributed by atoms with van der Waals surface area (Å²) in [7, 11) is 0. The SMILES string of the molecule is O=C1CCCN1CCCn1c(SCc2cccc(F)c2)nc2ccccc2c1=O. The van der Waals surface area contributed by atoms with Crippen molar-refractivity contribution in [1.29, 1.82) is 0 Å². The Labute approximate surface area is 172 Å². The average molecular weight is 412 g/mol. The maximum Gasteiger partial charge on any atom is 0.262 e. The van der Waals surface area contributed by atoms with Crippen LogP contribution in [0.15, 0.2) is 58.5 Å². The van der Waals surface area contributed by atoms with Gasteiger partial charge in [0, 0.05) is 31.8 Å². The number of hydrogen-bond donors (Lipinski definition) is 0. The van der Waals surface area contributed by atoms with Gasteiger partial charge in [-0.15, -0.1) is 0 Å². The standard InChI is InChI=1S/C22H22FN3O2S/c23-17-7-3-6-16(14-17)15-29-22-24-19-9-2-1-8-18(19)21(28)26(22)13-5-12-25-11-4-10-20(25)27/h1-3,6-9,14H,4-5,10-13,15H2. The van der Waals surface area contributed by atoms with Crippen LogP contribution in [0, 0.1) is 5.82 Å². The number of nitrogens with zero attached hydrogens (tertiary/aromatic N) is 3. The summed E-state index contributed by atoms with van der Waals surface area (Å²) in [6.07, 6.45) is 2.22. The first kappa shape index (κ1) is 19.6. The third kappa shape index (κ3) is 4.50. The molecule has 0 atom stereocenters. The Morgan fingerprint density at radius 3 is 2.72 bits per heavy atom. The van der Waals surface area contributed by atoms with E-state index in [1.807, 2.05) is 29.2 Å². The molecule has 3 aromatic rings. The molecule has 29 heavy (non-hydrogen) atoms. The molecule has 0 spiro atoms. The van der Waals surface area contributed by atoms with Gasteiger partial charge in [0.25, 0.3) is 5.56 Å². The molecule has 0 radical (unpaired) electrons. The van der Waals surface area contributed by atoms with Gasteiger partial charge < -0.3 is 4.90 Å². The first-order valence-corrected chi connectivity index (χ1v) is 10.7. The molecule has 1 aliphatic heterocycles. The fourth-order valence-corrected chi connectivity index (χ4v) is 4.56. The second-order valence-electron chi connectivity index (χ2n) is 7.12. The van der Waals surface area contributed by atoms with Crippen molar-refractivity contribution in [3.63, 3.8) is 0 Å². The lowest BCUT2D eigenvalue weighted by molar-refractivity contribution is -0.127. The van der Waals surface area contributed by atoms with Crippen molar-refractivity contribution in [2.45, 2.75) is 36.7 Å². The van der Waals surface area contributed by atoms with Crippen molar-refractivity contribution < 1.29 is 9.18 Å². The third-order valence-corrected chi connectivity index (χ3v) is 6.11. The van der Waals surface area contributed by atoms with Gasteiger partial charge in [-0.05, 0) is 42.7 Å². The van der Waals surface area contributed by atoms with Crippen LogP contribution in [-0.2, 0) is 17.1 Å². The molecular weight excluding hydrogens is 389 g/mol. The number of amides is 1. The van der Waals surface area contributed by atoms with Crippen LogP contribution in [0.3, 0.4) is 0 Å². The number of aromatic nitrogens is 2.